The first-order chi connectivity index (χ1) is 25.8. The van der Waals surface area contributed by atoms with Crippen molar-refractivity contribution >= 4 is 28.2 Å². The maximum atomic E-state index is 2.31. The summed E-state index contributed by atoms with van der Waals surface area (Å²) in [5, 5.41) is 0. The first kappa shape index (κ1) is 32.5. The van der Waals surface area contributed by atoms with Gasteiger partial charge in [0.15, 0.2) is 0 Å². The second-order valence-electron chi connectivity index (χ2n) is 12.9. The Morgan fingerprint density at radius 3 is 0.904 bits per heavy atom. The van der Waals surface area contributed by atoms with Crippen molar-refractivity contribution in [3.8, 4) is 0 Å². The van der Waals surface area contributed by atoms with Crippen molar-refractivity contribution in [2.75, 3.05) is 4.90 Å². The van der Waals surface area contributed by atoms with Crippen molar-refractivity contribution in [1.82, 2.24) is 0 Å². The minimum atomic E-state index is 0.138. The van der Waals surface area contributed by atoms with E-state index in [0.29, 0.717) is 0 Å². The molecule has 52 heavy (non-hydrogen) atoms. The van der Waals surface area contributed by atoms with Crippen LogP contribution < -0.4 is 4.90 Å². The van der Waals surface area contributed by atoms with Gasteiger partial charge in [0.2, 0.25) is 0 Å². The van der Waals surface area contributed by atoms with Gasteiger partial charge in [0.25, 0.3) is 0 Å². The van der Waals surface area contributed by atoms with Crippen LogP contribution in [0.25, 0.3) is 11.1 Å². The zero-order valence-corrected chi connectivity index (χ0v) is 29.0. The van der Waals surface area contributed by atoms with Crippen LogP contribution in [0.1, 0.15) is 44.9 Å². The first-order valence-corrected chi connectivity index (χ1v) is 17.9. The van der Waals surface area contributed by atoms with E-state index in [1.807, 2.05) is 0 Å². The number of rotatable bonds is 10. The third kappa shape index (κ3) is 6.99. The Kier molecular flexibility index (Phi) is 9.66. The minimum absolute atomic E-state index is 0.138. The van der Waals surface area contributed by atoms with E-state index >= 15 is 0 Å². The highest BCUT2D eigenvalue weighted by molar-refractivity contribution is 6.04. The Morgan fingerprint density at radius 1 is 0.250 bits per heavy atom. The smallest absolute Gasteiger partial charge is 0.0462 e. The summed E-state index contributed by atoms with van der Waals surface area (Å²) >= 11 is 0. The van der Waals surface area contributed by atoms with Crippen LogP contribution in [0.15, 0.2) is 231 Å². The van der Waals surface area contributed by atoms with E-state index in [2.05, 4.69) is 235 Å². The number of para-hydroxylation sites is 2. The fourth-order valence-electron chi connectivity index (χ4n) is 7.21. The summed E-state index contributed by atoms with van der Waals surface area (Å²) in [6.07, 6.45) is 0. The predicted molar refractivity (Wildman–Crippen MR) is 219 cm³/mol. The Bertz CT molecular complexity index is 2080. The molecule has 1 nitrogen and oxygen atoms in total. The molecule has 0 saturated heterocycles. The van der Waals surface area contributed by atoms with Gasteiger partial charge in [0.05, 0.1) is 0 Å². The summed E-state index contributed by atoms with van der Waals surface area (Å²) in [6.45, 7) is 0. The predicted octanol–water partition coefficient (Wildman–Crippen LogP) is 13.3. The van der Waals surface area contributed by atoms with Gasteiger partial charge in [-0.2, -0.15) is 0 Å². The molecule has 0 amide bonds. The fourth-order valence-corrected chi connectivity index (χ4v) is 7.21. The van der Waals surface area contributed by atoms with Crippen molar-refractivity contribution in [2.24, 2.45) is 0 Å². The zero-order chi connectivity index (χ0) is 35.0. The SMILES string of the molecule is c1ccc(/C(=C(/c2ccccc2)c2ccc(N(c3ccccc3)c3ccccc3)cc2)c2ccc(C(c3ccccc3)c3ccccc3)cc2)cc1. The third-order valence-electron chi connectivity index (χ3n) is 9.62. The topological polar surface area (TPSA) is 3.24 Å². The summed E-state index contributed by atoms with van der Waals surface area (Å²) in [5.41, 5.74) is 14.2. The van der Waals surface area contributed by atoms with E-state index in [0.717, 1.165) is 22.6 Å². The van der Waals surface area contributed by atoms with E-state index < -0.39 is 0 Å². The quantitative estimate of drug-likeness (QED) is 0.104. The standard InChI is InChI=1S/C51H39N/c1-7-19-39(20-8-1)49(40-21-9-2-10-22-40)43-31-33-44(34-32-43)50(41-23-11-3-12-24-41)51(42-25-13-4-14-26-42)45-35-37-48(38-36-45)52(46-27-15-5-16-28-46)47-29-17-6-18-30-47/h1-38,49H/b51-50+. The molecular weight excluding hydrogens is 627 g/mol. The molecule has 0 unspecified atom stereocenters. The monoisotopic (exact) mass is 665 g/mol. The third-order valence-corrected chi connectivity index (χ3v) is 9.62. The molecule has 248 valence electrons. The summed E-state index contributed by atoms with van der Waals surface area (Å²) in [5.74, 6) is 0.138. The van der Waals surface area contributed by atoms with Crippen molar-refractivity contribution in [2.45, 2.75) is 5.92 Å². The maximum Gasteiger partial charge on any atom is 0.0462 e. The van der Waals surface area contributed by atoms with Gasteiger partial charge >= 0.3 is 0 Å². The van der Waals surface area contributed by atoms with Gasteiger partial charge in [-0.3, -0.25) is 0 Å². The van der Waals surface area contributed by atoms with Crippen LogP contribution in [0.2, 0.25) is 0 Å². The van der Waals surface area contributed by atoms with Gasteiger partial charge in [0, 0.05) is 23.0 Å². The molecule has 0 saturated carbocycles. The highest BCUT2D eigenvalue weighted by Crippen LogP contribution is 2.40. The number of anilines is 3. The summed E-state index contributed by atoms with van der Waals surface area (Å²) in [7, 11) is 0. The Hall–Kier alpha value is -6.70. The maximum absolute atomic E-state index is 2.31. The van der Waals surface area contributed by atoms with Crippen LogP contribution >= 0.6 is 0 Å². The Labute approximate surface area is 307 Å². The van der Waals surface area contributed by atoms with E-state index in [4.69, 9.17) is 0 Å². The molecule has 8 aromatic carbocycles. The molecule has 0 aliphatic heterocycles. The largest absolute Gasteiger partial charge is 0.311 e. The molecule has 1 heteroatoms. The Morgan fingerprint density at radius 2 is 0.519 bits per heavy atom. The van der Waals surface area contributed by atoms with E-state index in [-0.39, 0.29) is 5.92 Å². The van der Waals surface area contributed by atoms with Crippen LogP contribution in [0, 0.1) is 0 Å². The van der Waals surface area contributed by atoms with Crippen LogP contribution in [-0.2, 0) is 0 Å². The lowest BCUT2D eigenvalue weighted by atomic mass is 9.82. The summed E-state index contributed by atoms with van der Waals surface area (Å²) in [4.78, 5) is 2.31. The van der Waals surface area contributed by atoms with Gasteiger partial charge in [-0.1, -0.05) is 194 Å². The van der Waals surface area contributed by atoms with Crippen molar-refractivity contribution in [3.63, 3.8) is 0 Å². The number of benzene rings is 8. The van der Waals surface area contributed by atoms with Crippen molar-refractivity contribution in [1.29, 1.82) is 0 Å². The number of hydrogen-bond donors (Lipinski definition) is 0. The lowest BCUT2D eigenvalue weighted by Crippen LogP contribution is -2.09. The molecule has 0 radical (unpaired) electrons. The second-order valence-corrected chi connectivity index (χ2v) is 12.9. The summed E-state index contributed by atoms with van der Waals surface area (Å²) < 4.78 is 0. The van der Waals surface area contributed by atoms with Crippen molar-refractivity contribution < 1.29 is 0 Å². The second kappa shape index (κ2) is 15.5. The molecule has 0 N–H and O–H groups in total. The lowest BCUT2D eigenvalue weighted by Gasteiger charge is -2.26. The molecule has 0 aromatic heterocycles. The highest BCUT2D eigenvalue weighted by Gasteiger charge is 2.20. The lowest BCUT2D eigenvalue weighted by molar-refractivity contribution is 0.977. The number of hydrogen-bond acceptors (Lipinski definition) is 1. The average molecular weight is 666 g/mol. The molecular formula is C51H39N. The fraction of sp³-hybridized carbons (Fsp3) is 0.0196. The first-order valence-electron chi connectivity index (χ1n) is 17.9. The minimum Gasteiger partial charge on any atom is -0.311 e. The molecule has 0 heterocycles. The van der Waals surface area contributed by atoms with Gasteiger partial charge in [-0.15, -0.1) is 0 Å². The molecule has 0 spiro atoms. The van der Waals surface area contributed by atoms with Gasteiger partial charge in [-0.25, -0.2) is 0 Å². The molecule has 0 bridgehead atoms. The molecule has 0 fully saturated rings. The molecule has 8 rings (SSSR count). The summed E-state index contributed by atoms with van der Waals surface area (Å²) in [6, 6.07) is 82.6. The molecule has 8 aromatic rings. The van der Waals surface area contributed by atoms with Crippen LogP contribution in [0.3, 0.4) is 0 Å². The Balaban J connectivity index is 1.28. The van der Waals surface area contributed by atoms with Gasteiger partial charge in [0.1, 0.15) is 0 Å². The molecule has 0 aliphatic carbocycles. The normalized spacial score (nSPS) is 11.6. The van der Waals surface area contributed by atoms with Crippen molar-refractivity contribution in [3.05, 3.63) is 269 Å². The molecule has 0 aliphatic rings. The number of nitrogens with zero attached hydrogens (tertiary/aromatic N) is 1. The van der Waals surface area contributed by atoms with Gasteiger partial charge < -0.3 is 4.90 Å². The highest BCUT2D eigenvalue weighted by atomic mass is 15.1. The van der Waals surface area contributed by atoms with E-state index in [1.165, 1.54) is 44.5 Å². The van der Waals surface area contributed by atoms with E-state index in [1.54, 1.807) is 0 Å². The average Bonchev–Trinajstić information content (AvgIpc) is 3.23. The van der Waals surface area contributed by atoms with E-state index in [9.17, 15) is 0 Å². The van der Waals surface area contributed by atoms with Crippen LogP contribution in [0.4, 0.5) is 17.1 Å². The zero-order valence-electron chi connectivity index (χ0n) is 29.0. The van der Waals surface area contributed by atoms with Crippen LogP contribution in [0.5, 0.6) is 0 Å². The van der Waals surface area contributed by atoms with Crippen LogP contribution in [-0.4, -0.2) is 0 Å². The molecule has 0 atom stereocenters. The van der Waals surface area contributed by atoms with Gasteiger partial charge in [-0.05, 0) is 86.5 Å².